The van der Waals surface area contributed by atoms with Crippen LogP contribution < -0.4 is 20.1 Å². The van der Waals surface area contributed by atoms with Crippen molar-refractivity contribution in [3.05, 3.63) is 53.3 Å². The highest BCUT2D eigenvalue weighted by molar-refractivity contribution is 5.91. The van der Waals surface area contributed by atoms with E-state index in [1.54, 1.807) is 44.4 Å². The minimum Gasteiger partial charge on any atom is -0.489 e. The monoisotopic (exact) mass is 488 g/mol. The number of alkyl halides is 2. The van der Waals surface area contributed by atoms with Gasteiger partial charge in [-0.3, -0.25) is 9.59 Å². The third-order valence-corrected chi connectivity index (χ3v) is 6.15. The van der Waals surface area contributed by atoms with E-state index in [0.29, 0.717) is 42.6 Å². The van der Waals surface area contributed by atoms with Crippen LogP contribution in [0.25, 0.3) is 0 Å². The first-order valence-electron chi connectivity index (χ1n) is 11.7. The predicted molar refractivity (Wildman–Crippen MR) is 125 cm³/mol. The summed E-state index contributed by atoms with van der Waals surface area (Å²) >= 11 is 0. The molecule has 1 aliphatic carbocycles. The molecule has 10 heteroatoms. The maximum atomic E-state index is 12.8. The van der Waals surface area contributed by atoms with E-state index < -0.39 is 12.7 Å². The Hall–Kier alpha value is -3.27. The van der Waals surface area contributed by atoms with E-state index >= 15 is 0 Å². The Kier molecular flexibility index (Phi) is 7.80. The molecule has 0 spiro atoms. The summed E-state index contributed by atoms with van der Waals surface area (Å²) in [6, 6.07) is 9.71. The second-order valence-electron chi connectivity index (χ2n) is 9.16. The Bertz CT molecular complexity index is 1060. The second kappa shape index (κ2) is 11.0. The van der Waals surface area contributed by atoms with E-state index in [4.69, 9.17) is 4.74 Å². The lowest BCUT2D eigenvalue weighted by molar-refractivity contribution is -0.123. The quantitative estimate of drug-likeness (QED) is 0.534. The summed E-state index contributed by atoms with van der Waals surface area (Å²) in [5.41, 5.74) is 1.81. The highest BCUT2D eigenvalue weighted by atomic mass is 19.3. The van der Waals surface area contributed by atoms with Gasteiger partial charge in [0.25, 0.3) is 5.91 Å². The number of carbonyl (C=O) groups excluding carboxylic acids is 2. The minimum atomic E-state index is -2.93. The van der Waals surface area contributed by atoms with Crippen molar-refractivity contribution in [2.24, 2.45) is 5.92 Å². The predicted octanol–water partition coefficient (Wildman–Crippen LogP) is 2.94. The van der Waals surface area contributed by atoms with E-state index in [0.717, 1.165) is 18.4 Å². The molecule has 2 fully saturated rings. The average Bonchev–Trinajstić information content (AvgIpc) is 3.54. The number of nitrogens with zero attached hydrogens (tertiary/aromatic N) is 2. The Labute approximate surface area is 203 Å². The summed E-state index contributed by atoms with van der Waals surface area (Å²) in [5, 5.41) is 6.10. The number of carbonyl (C=O) groups is 2. The number of amides is 2. The van der Waals surface area contributed by atoms with E-state index in [1.807, 2.05) is 0 Å². The van der Waals surface area contributed by atoms with Gasteiger partial charge in [0.15, 0.2) is 11.5 Å². The van der Waals surface area contributed by atoms with Crippen LogP contribution in [0.3, 0.4) is 0 Å². The molecule has 0 radical (unpaired) electrons. The molecule has 2 aromatic rings. The number of hydrogen-bond donors (Lipinski definition) is 2. The van der Waals surface area contributed by atoms with Gasteiger partial charge >= 0.3 is 6.61 Å². The SMILES string of the molecule is CN(C)C(=O)c1cccc(CNC(=O)[C@H]2CC(c3ccc(OC(F)F)c(OCC4CC4)c3)CN2)n1. The minimum absolute atomic E-state index is 0.0205. The lowest BCUT2D eigenvalue weighted by Crippen LogP contribution is -2.40. The number of ether oxygens (including phenoxy) is 2. The third kappa shape index (κ3) is 6.66. The molecule has 1 aromatic carbocycles. The summed E-state index contributed by atoms with van der Waals surface area (Å²) in [4.78, 5) is 30.6. The second-order valence-corrected chi connectivity index (χ2v) is 9.16. The Morgan fingerprint density at radius 1 is 1.20 bits per heavy atom. The molecule has 2 aliphatic rings. The summed E-state index contributed by atoms with van der Waals surface area (Å²) in [5.74, 6) is 0.447. The van der Waals surface area contributed by atoms with Crippen LogP contribution in [0.4, 0.5) is 8.78 Å². The van der Waals surface area contributed by atoms with E-state index in [-0.39, 0.29) is 30.0 Å². The standard InChI is InChI=1S/C25H30F2N4O4/c1-31(2)24(33)19-5-3-4-18(30-19)13-29-23(32)20-10-17(12-28-20)16-8-9-21(35-25(26)27)22(11-16)34-14-15-6-7-15/h3-5,8-9,11,15,17,20,25,28H,6-7,10,12-14H2,1-2H3,(H,29,32)/t17?,20-/m1/s1. The smallest absolute Gasteiger partial charge is 0.387 e. The fraction of sp³-hybridized carbons (Fsp3) is 0.480. The molecule has 1 unspecified atom stereocenters. The van der Waals surface area contributed by atoms with E-state index in [1.165, 1.54) is 11.0 Å². The van der Waals surface area contributed by atoms with Gasteiger partial charge < -0.3 is 25.0 Å². The maximum absolute atomic E-state index is 12.8. The van der Waals surface area contributed by atoms with Gasteiger partial charge in [-0.25, -0.2) is 4.98 Å². The molecule has 1 aromatic heterocycles. The van der Waals surface area contributed by atoms with Crippen molar-refractivity contribution in [3.8, 4) is 11.5 Å². The first kappa shape index (κ1) is 24.8. The molecule has 1 saturated heterocycles. The topological polar surface area (TPSA) is 92.8 Å². The van der Waals surface area contributed by atoms with Gasteiger partial charge in [-0.2, -0.15) is 8.78 Å². The zero-order chi connectivity index (χ0) is 24.9. The largest absolute Gasteiger partial charge is 0.489 e. The summed E-state index contributed by atoms with van der Waals surface area (Å²) in [7, 11) is 3.31. The van der Waals surface area contributed by atoms with Gasteiger partial charge in [-0.05, 0) is 60.9 Å². The fourth-order valence-electron chi connectivity index (χ4n) is 3.99. The molecule has 2 amide bonds. The van der Waals surface area contributed by atoms with Gasteiger partial charge in [0.2, 0.25) is 5.91 Å². The van der Waals surface area contributed by atoms with Crippen LogP contribution in [-0.2, 0) is 11.3 Å². The summed E-state index contributed by atoms with van der Waals surface area (Å²) in [6.45, 7) is -1.68. The van der Waals surface area contributed by atoms with Gasteiger partial charge in [-0.15, -0.1) is 0 Å². The molecule has 0 bridgehead atoms. The van der Waals surface area contributed by atoms with Crippen molar-refractivity contribution in [2.45, 2.75) is 44.4 Å². The Morgan fingerprint density at radius 3 is 2.71 bits per heavy atom. The van der Waals surface area contributed by atoms with Gasteiger partial charge in [-0.1, -0.05) is 12.1 Å². The molecule has 1 saturated carbocycles. The Morgan fingerprint density at radius 2 is 2.00 bits per heavy atom. The molecule has 188 valence electrons. The molecule has 8 nitrogen and oxygen atoms in total. The molecule has 1 aliphatic heterocycles. The average molecular weight is 489 g/mol. The number of aromatic nitrogens is 1. The van der Waals surface area contributed by atoms with E-state index in [2.05, 4.69) is 20.4 Å². The Balaban J connectivity index is 1.35. The van der Waals surface area contributed by atoms with Crippen LogP contribution in [0, 0.1) is 5.92 Å². The first-order chi connectivity index (χ1) is 16.8. The van der Waals surface area contributed by atoms with Crippen LogP contribution in [0.2, 0.25) is 0 Å². The van der Waals surface area contributed by atoms with Crippen LogP contribution in [0.5, 0.6) is 11.5 Å². The van der Waals surface area contributed by atoms with Crippen LogP contribution >= 0.6 is 0 Å². The molecule has 2 heterocycles. The molecular weight excluding hydrogens is 458 g/mol. The van der Waals surface area contributed by atoms with Crippen molar-refractivity contribution in [3.63, 3.8) is 0 Å². The molecule has 2 atom stereocenters. The van der Waals surface area contributed by atoms with Crippen LogP contribution in [0.1, 0.15) is 46.9 Å². The number of nitrogens with one attached hydrogen (secondary N) is 2. The molecule has 4 rings (SSSR count). The number of hydrogen-bond acceptors (Lipinski definition) is 6. The highest BCUT2D eigenvalue weighted by Gasteiger charge is 2.31. The van der Waals surface area contributed by atoms with Crippen molar-refractivity contribution < 1.29 is 27.8 Å². The van der Waals surface area contributed by atoms with Gasteiger partial charge in [0.05, 0.1) is 24.9 Å². The summed E-state index contributed by atoms with van der Waals surface area (Å²) in [6.07, 6.45) is 2.72. The highest BCUT2D eigenvalue weighted by Crippen LogP contribution is 2.37. The number of halogens is 2. The van der Waals surface area contributed by atoms with Crippen LogP contribution in [-0.4, -0.2) is 61.6 Å². The van der Waals surface area contributed by atoms with E-state index in [9.17, 15) is 18.4 Å². The van der Waals surface area contributed by atoms with Crippen molar-refractivity contribution in [1.82, 2.24) is 20.5 Å². The first-order valence-corrected chi connectivity index (χ1v) is 11.7. The number of pyridine rings is 1. The third-order valence-electron chi connectivity index (χ3n) is 6.15. The van der Waals surface area contributed by atoms with Crippen molar-refractivity contribution >= 4 is 11.8 Å². The molecular formula is C25H30F2N4O4. The molecule has 35 heavy (non-hydrogen) atoms. The van der Waals surface area contributed by atoms with Gasteiger partial charge in [0.1, 0.15) is 5.69 Å². The van der Waals surface area contributed by atoms with Crippen LogP contribution in [0.15, 0.2) is 36.4 Å². The lowest BCUT2D eigenvalue weighted by Gasteiger charge is -2.16. The maximum Gasteiger partial charge on any atom is 0.387 e. The normalized spacial score (nSPS) is 19.5. The van der Waals surface area contributed by atoms with Gasteiger partial charge in [0, 0.05) is 20.6 Å². The zero-order valence-corrected chi connectivity index (χ0v) is 19.8. The van der Waals surface area contributed by atoms with Crippen molar-refractivity contribution in [2.75, 3.05) is 27.2 Å². The zero-order valence-electron chi connectivity index (χ0n) is 19.8. The fourth-order valence-corrected chi connectivity index (χ4v) is 3.99. The summed E-state index contributed by atoms with van der Waals surface area (Å²) < 4.78 is 36.0. The van der Waals surface area contributed by atoms with Crippen molar-refractivity contribution in [1.29, 1.82) is 0 Å². The molecule has 2 N–H and O–H groups in total. The lowest BCUT2D eigenvalue weighted by atomic mass is 9.95. The number of rotatable bonds is 10. The number of benzene rings is 1.